The number of ether oxygens (including phenoxy) is 1. The van der Waals surface area contributed by atoms with Gasteiger partial charge in [-0.2, -0.15) is 0 Å². The molecule has 1 aliphatic heterocycles. The van der Waals surface area contributed by atoms with Crippen LogP contribution in [0, 0.1) is 5.92 Å². The predicted molar refractivity (Wildman–Crippen MR) is 105 cm³/mol. The lowest BCUT2D eigenvalue weighted by molar-refractivity contribution is -0.123. The first-order valence-corrected chi connectivity index (χ1v) is 8.25. The molecule has 5 nitrogen and oxygen atoms in total. The topological polar surface area (TPSA) is 63.2 Å². The Balaban J connectivity index is 0.00000156. The lowest BCUT2D eigenvalue weighted by atomic mass is 10.00. The molecule has 1 aromatic heterocycles. The van der Waals surface area contributed by atoms with Crippen LogP contribution in [-0.4, -0.2) is 37.1 Å². The quantitative estimate of drug-likeness (QED) is 0.800. The molecule has 1 atom stereocenters. The normalized spacial score (nSPS) is 16.4. The van der Waals surface area contributed by atoms with E-state index < -0.39 is 0 Å². The van der Waals surface area contributed by atoms with Crippen molar-refractivity contribution in [3.8, 4) is 5.75 Å². The second kappa shape index (κ2) is 10.7. The van der Waals surface area contributed by atoms with Gasteiger partial charge >= 0.3 is 0 Å². The summed E-state index contributed by atoms with van der Waals surface area (Å²) < 4.78 is 5.63. The third-order valence-electron chi connectivity index (χ3n) is 4.03. The van der Waals surface area contributed by atoms with Gasteiger partial charge in [0.25, 0.3) is 5.91 Å². The van der Waals surface area contributed by atoms with Crippen molar-refractivity contribution in [1.29, 1.82) is 0 Å². The maximum Gasteiger partial charge on any atom is 0.257 e. The number of piperidine rings is 1. The standard InChI is InChI=1S/C17H20ClN3O2.2ClH/c18-14-5-6-15(17-13(14)4-2-8-20-17)23-11-16(22)21-10-12-3-1-7-19-9-12;;/h2,4-6,8,12,19H,1,3,7,9-11H2,(H,21,22);2*1H. The largest absolute Gasteiger partial charge is 0.481 e. The molecule has 2 aromatic rings. The summed E-state index contributed by atoms with van der Waals surface area (Å²) in [6.07, 6.45) is 4.00. The van der Waals surface area contributed by atoms with Crippen LogP contribution in [0.5, 0.6) is 5.75 Å². The minimum Gasteiger partial charge on any atom is -0.481 e. The van der Waals surface area contributed by atoms with E-state index in [0.29, 0.717) is 28.8 Å². The molecule has 3 rings (SSSR count). The Kier molecular flexibility index (Phi) is 9.28. The maximum absolute atomic E-state index is 12.0. The van der Waals surface area contributed by atoms with Gasteiger partial charge in [-0.05, 0) is 56.1 Å². The lowest BCUT2D eigenvalue weighted by Gasteiger charge is -2.22. The van der Waals surface area contributed by atoms with Gasteiger partial charge in [0.15, 0.2) is 6.61 Å². The van der Waals surface area contributed by atoms with Crippen LogP contribution in [0.15, 0.2) is 30.5 Å². The lowest BCUT2D eigenvalue weighted by Crippen LogP contribution is -2.39. The summed E-state index contributed by atoms with van der Waals surface area (Å²) >= 11 is 6.15. The predicted octanol–water partition coefficient (Wildman–Crippen LogP) is 3.23. The number of carbonyl (C=O) groups excluding carboxylic acids is 1. The number of amides is 1. The minimum atomic E-state index is -0.116. The number of nitrogens with one attached hydrogen (secondary N) is 2. The fourth-order valence-corrected chi connectivity index (χ4v) is 2.99. The van der Waals surface area contributed by atoms with Gasteiger partial charge in [-0.25, -0.2) is 0 Å². The van der Waals surface area contributed by atoms with E-state index in [0.717, 1.165) is 24.9 Å². The highest BCUT2D eigenvalue weighted by molar-refractivity contribution is 6.35. The molecule has 138 valence electrons. The summed E-state index contributed by atoms with van der Waals surface area (Å²) in [6, 6.07) is 7.21. The van der Waals surface area contributed by atoms with Crippen LogP contribution in [0.4, 0.5) is 0 Å². The summed E-state index contributed by atoms with van der Waals surface area (Å²) in [6.45, 7) is 2.71. The monoisotopic (exact) mass is 405 g/mol. The SMILES string of the molecule is Cl.Cl.O=C(COc1ccc(Cl)c2cccnc12)NCC1CCCNC1. The van der Waals surface area contributed by atoms with E-state index in [1.807, 2.05) is 12.1 Å². The minimum absolute atomic E-state index is 0. The number of hydrogen-bond donors (Lipinski definition) is 2. The van der Waals surface area contributed by atoms with Crippen molar-refractivity contribution >= 4 is 53.2 Å². The summed E-state index contributed by atoms with van der Waals surface area (Å²) in [5.41, 5.74) is 0.671. The van der Waals surface area contributed by atoms with Crippen LogP contribution in [0.2, 0.25) is 5.02 Å². The molecule has 2 N–H and O–H groups in total. The van der Waals surface area contributed by atoms with Crippen molar-refractivity contribution < 1.29 is 9.53 Å². The maximum atomic E-state index is 12.0. The molecular formula is C17H22Cl3N3O2. The van der Waals surface area contributed by atoms with Crippen LogP contribution >= 0.6 is 36.4 Å². The van der Waals surface area contributed by atoms with E-state index >= 15 is 0 Å². The van der Waals surface area contributed by atoms with Crippen LogP contribution in [-0.2, 0) is 4.79 Å². The molecule has 0 aliphatic carbocycles. The molecule has 0 saturated carbocycles. The molecule has 0 radical (unpaired) electrons. The van der Waals surface area contributed by atoms with Crippen molar-refractivity contribution in [1.82, 2.24) is 15.6 Å². The zero-order valence-electron chi connectivity index (χ0n) is 13.7. The van der Waals surface area contributed by atoms with Gasteiger partial charge in [-0.15, -0.1) is 24.8 Å². The zero-order chi connectivity index (χ0) is 16.1. The third kappa shape index (κ3) is 5.89. The molecule has 0 bridgehead atoms. The van der Waals surface area contributed by atoms with Crippen molar-refractivity contribution in [3.05, 3.63) is 35.5 Å². The fourth-order valence-electron chi connectivity index (χ4n) is 2.78. The average Bonchev–Trinajstić information content (AvgIpc) is 2.60. The number of hydrogen-bond acceptors (Lipinski definition) is 4. The van der Waals surface area contributed by atoms with Crippen molar-refractivity contribution in [2.75, 3.05) is 26.2 Å². The number of halogens is 3. The number of benzene rings is 1. The van der Waals surface area contributed by atoms with Gasteiger partial charge in [0, 0.05) is 18.1 Å². The molecule has 25 heavy (non-hydrogen) atoms. The molecular weight excluding hydrogens is 385 g/mol. The van der Waals surface area contributed by atoms with E-state index in [-0.39, 0.29) is 37.3 Å². The first kappa shape index (κ1) is 21.8. The first-order chi connectivity index (χ1) is 11.2. The highest BCUT2D eigenvalue weighted by atomic mass is 35.5. The van der Waals surface area contributed by atoms with E-state index in [9.17, 15) is 4.79 Å². The highest BCUT2D eigenvalue weighted by Crippen LogP contribution is 2.29. The van der Waals surface area contributed by atoms with Crippen LogP contribution in [0.25, 0.3) is 10.9 Å². The number of carbonyl (C=O) groups is 1. The number of fused-ring (bicyclic) bond motifs is 1. The van der Waals surface area contributed by atoms with Crippen LogP contribution in [0.3, 0.4) is 0 Å². The second-order valence-electron chi connectivity index (χ2n) is 5.75. The number of rotatable bonds is 5. The molecule has 8 heteroatoms. The van der Waals surface area contributed by atoms with Crippen molar-refractivity contribution in [3.63, 3.8) is 0 Å². The molecule has 0 spiro atoms. The van der Waals surface area contributed by atoms with Gasteiger partial charge in [-0.3, -0.25) is 9.78 Å². The van der Waals surface area contributed by atoms with Gasteiger partial charge in [0.2, 0.25) is 0 Å². The third-order valence-corrected chi connectivity index (χ3v) is 4.35. The van der Waals surface area contributed by atoms with Gasteiger partial charge in [0.05, 0.1) is 5.02 Å². The highest BCUT2D eigenvalue weighted by Gasteiger charge is 2.14. The Hall–Kier alpha value is -1.27. The first-order valence-electron chi connectivity index (χ1n) is 7.87. The molecule has 1 unspecified atom stereocenters. The van der Waals surface area contributed by atoms with Crippen LogP contribution in [0.1, 0.15) is 12.8 Å². The summed E-state index contributed by atoms with van der Waals surface area (Å²) in [5, 5.41) is 7.71. The summed E-state index contributed by atoms with van der Waals surface area (Å²) in [5.74, 6) is 0.958. The van der Waals surface area contributed by atoms with Crippen molar-refractivity contribution in [2.45, 2.75) is 12.8 Å². The second-order valence-corrected chi connectivity index (χ2v) is 6.16. The molecule has 2 heterocycles. The summed E-state index contributed by atoms with van der Waals surface area (Å²) in [7, 11) is 0. The number of nitrogens with zero attached hydrogens (tertiary/aromatic N) is 1. The Bertz CT molecular complexity index is 694. The van der Waals surface area contributed by atoms with E-state index in [4.69, 9.17) is 16.3 Å². The van der Waals surface area contributed by atoms with Gasteiger partial charge in [0.1, 0.15) is 11.3 Å². The Morgan fingerprint density at radius 2 is 2.20 bits per heavy atom. The molecule has 1 saturated heterocycles. The Morgan fingerprint density at radius 3 is 2.96 bits per heavy atom. The molecule has 1 aromatic carbocycles. The molecule has 1 fully saturated rings. The van der Waals surface area contributed by atoms with Gasteiger partial charge in [-0.1, -0.05) is 11.6 Å². The number of pyridine rings is 1. The van der Waals surface area contributed by atoms with Crippen molar-refractivity contribution in [2.24, 2.45) is 5.92 Å². The fraction of sp³-hybridized carbons (Fsp3) is 0.412. The molecule has 1 aliphatic rings. The average molecular weight is 407 g/mol. The van der Waals surface area contributed by atoms with E-state index in [1.165, 1.54) is 6.42 Å². The molecule has 1 amide bonds. The van der Waals surface area contributed by atoms with E-state index in [2.05, 4.69) is 15.6 Å². The number of aromatic nitrogens is 1. The zero-order valence-corrected chi connectivity index (χ0v) is 16.1. The van der Waals surface area contributed by atoms with E-state index in [1.54, 1.807) is 18.3 Å². The Labute approximate surface area is 164 Å². The summed E-state index contributed by atoms with van der Waals surface area (Å²) in [4.78, 5) is 16.2. The van der Waals surface area contributed by atoms with Gasteiger partial charge < -0.3 is 15.4 Å². The van der Waals surface area contributed by atoms with Crippen LogP contribution < -0.4 is 15.4 Å². The smallest absolute Gasteiger partial charge is 0.257 e. The Morgan fingerprint density at radius 1 is 1.36 bits per heavy atom.